The van der Waals surface area contributed by atoms with Gasteiger partial charge in [0.1, 0.15) is 0 Å². The van der Waals surface area contributed by atoms with Gasteiger partial charge in [-0.15, -0.1) is 11.3 Å². The summed E-state index contributed by atoms with van der Waals surface area (Å²) in [5, 5.41) is 8.36. The number of aromatic amines is 1. The number of rotatable bonds is 8. The number of nitrogens with zero attached hydrogens (tertiary/aromatic N) is 2. The van der Waals surface area contributed by atoms with E-state index in [4.69, 9.17) is 4.74 Å². The van der Waals surface area contributed by atoms with Crippen LogP contribution in [0.2, 0.25) is 0 Å². The van der Waals surface area contributed by atoms with Crippen molar-refractivity contribution >= 4 is 28.2 Å². The zero-order valence-electron chi connectivity index (χ0n) is 18.5. The Labute approximate surface area is 188 Å². The molecule has 4 rings (SSSR count). The van der Waals surface area contributed by atoms with Crippen LogP contribution in [0.1, 0.15) is 27.8 Å². The second-order valence-corrected chi connectivity index (χ2v) is 9.27. The lowest BCUT2D eigenvalue weighted by Gasteiger charge is -2.34. The lowest BCUT2D eigenvalue weighted by atomic mass is 10.1. The molecule has 0 spiro atoms. The standard InChI is InChI=1S/C24H33N5OS/c1-18-9-10-23(31-18)22(29-12-14-30-15-13-29)17-28-24(25-2)26-11-5-6-19-16-27-21-8-4-3-7-20(19)21/h3-4,7-10,16,22,27H,5-6,11-15,17H2,1-2H3,(H2,25,26,28). The van der Waals surface area contributed by atoms with Crippen molar-refractivity contribution in [3.05, 3.63) is 57.9 Å². The number of aryl methyl sites for hydroxylation is 2. The van der Waals surface area contributed by atoms with E-state index in [1.807, 2.05) is 18.4 Å². The van der Waals surface area contributed by atoms with E-state index in [-0.39, 0.29) is 0 Å². The molecule has 1 unspecified atom stereocenters. The van der Waals surface area contributed by atoms with Crippen molar-refractivity contribution in [3.63, 3.8) is 0 Å². The fraction of sp³-hybridized carbons (Fsp3) is 0.458. The maximum Gasteiger partial charge on any atom is 0.191 e. The predicted octanol–water partition coefficient (Wildman–Crippen LogP) is 3.71. The van der Waals surface area contributed by atoms with Crippen LogP contribution in [0.5, 0.6) is 0 Å². The zero-order chi connectivity index (χ0) is 21.5. The summed E-state index contributed by atoms with van der Waals surface area (Å²) in [4.78, 5) is 13.1. The van der Waals surface area contributed by atoms with Gasteiger partial charge < -0.3 is 20.4 Å². The van der Waals surface area contributed by atoms with Crippen molar-refractivity contribution in [2.45, 2.75) is 25.8 Å². The van der Waals surface area contributed by atoms with E-state index in [0.29, 0.717) is 6.04 Å². The Hall–Kier alpha value is -2.35. The molecule has 2 aromatic heterocycles. The molecule has 0 amide bonds. The summed E-state index contributed by atoms with van der Waals surface area (Å²) in [7, 11) is 1.84. The number of hydrogen-bond donors (Lipinski definition) is 3. The number of thiophene rings is 1. The summed E-state index contributed by atoms with van der Waals surface area (Å²) < 4.78 is 5.56. The third-order valence-corrected chi connectivity index (χ3v) is 6.95. The first-order valence-corrected chi connectivity index (χ1v) is 11.9. The lowest BCUT2D eigenvalue weighted by molar-refractivity contribution is 0.0177. The SMILES string of the molecule is CN=C(NCCCc1c[nH]c2ccccc12)NCC(c1ccc(C)s1)N1CCOCC1. The molecule has 1 saturated heterocycles. The minimum atomic E-state index is 0.340. The van der Waals surface area contributed by atoms with Gasteiger partial charge in [-0.2, -0.15) is 0 Å². The highest BCUT2D eigenvalue weighted by atomic mass is 32.1. The summed E-state index contributed by atoms with van der Waals surface area (Å²) in [6, 6.07) is 13.3. The third-order valence-electron chi connectivity index (χ3n) is 5.85. The highest BCUT2D eigenvalue weighted by molar-refractivity contribution is 7.12. The van der Waals surface area contributed by atoms with Gasteiger partial charge in [0.2, 0.25) is 0 Å². The van der Waals surface area contributed by atoms with E-state index < -0.39 is 0 Å². The molecule has 6 nitrogen and oxygen atoms in total. The molecule has 1 aliphatic rings. The molecule has 3 N–H and O–H groups in total. The van der Waals surface area contributed by atoms with Crippen LogP contribution in [0, 0.1) is 6.92 Å². The smallest absolute Gasteiger partial charge is 0.191 e. The molecule has 0 bridgehead atoms. The van der Waals surface area contributed by atoms with Gasteiger partial charge in [0, 0.05) is 60.1 Å². The molecule has 1 aliphatic heterocycles. The Morgan fingerprint density at radius 3 is 2.81 bits per heavy atom. The zero-order valence-corrected chi connectivity index (χ0v) is 19.3. The average molecular weight is 440 g/mol. The molecule has 1 atom stereocenters. The molecule has 1 fully saturated rings. The van der Waals surface area contributed by atoms with Crippen LogP contribution < -0.4 is 10.6 Å². The number of benzene rings is 1. The second-order valence-electron chi connectivity index (χ2n) is 7.96. The van der Waals surface area contributed by atoms with E-state index in [1.54, 1.807) is 0 Å². The van der Waals surface area contributed by atoms with Crippen LogP contribution >= 0.6 is 11.3 Å². The maximum atomic E-state index is 5.56. The Morgan fingerprint density at radius 2 is 2.03 bits per heavy atom. The minimum absolute atomic E-state index is 0.340. The highest BCUT2D eigenvalue weighted by Crippen LogP contribution is 2.28. The minimum Gasteiger partial charge on any atom is -0.379 e. The summed E-state index contributed by atoms with van der Waals surface area (Å²) >= 11 is 1.88. The quantitative estimate of drug-likeness (QED) is 0.284. The number of morpholine rings is 1. The number of para-hydroxylation sites is 1. The predicted molar refractivity (Wildman–Crippen MR) is 130 cm³/mol. The van der Waals surface area contributed by atoms with Crippen LogP contribution in [-0.4, -0.2) is 62.3 Å². The molecule has 3 heterocycles. The summed E-state index contributed by atoms with van der Waals surface area (Å²) in [5.74, 6) is 0.866. The third kappa shape index (κ3) is 5.67. The largest absolute Gasteiger partial charge is 0.379 e. The van der Waals surface area contributed by atoms with Crippen molar-refractivity contribution in [2.24, 2.45) is 4.99 Å². The molecule has 166 valence electrons. The maximum absolute atomic E-state index is 5.56. The molecule has 3 aromatic rings. The number of fused-ring (bicyclic) bond motifs is 1. The summed E-state index contributed by atoms with van der Waals surface area (Å²) in [6.45, 7) is 7.46. The monoisotopic (exact) mass is 439 g/mol. The molecule has 1 aromatic carbocycles. The van der Waals surface area contributed by atoms with E-state index in [2.05, 4.69) is 75.0 Å². The fourth-order valence-corrected chi connectivity index (χ4v) is 5.18. The first-order chi connectivity index (χ1) is 15.2. The molecular weight excluding hydrogens is 406 g/mol. The Bertz CT molecular complexity index is 989. The van der Waals surface area contributed by atoms with E-state index in [1.165, 1.54) is 26.2 Å². The van der Waals surface area contributed by atoms with Crippen LogP contribution in [0.25, 0.3) is 10.9 Å². The van der Waals surface area contributed by atoms with Gasteiger partial charge in [-0.05, 0) is 43.5 Å². The first-order valence-electron chi connectivity index (χ1n) is 11.1. The van der Waals surface area contributed by atoms with Crippen molar-refractivity contribution in [1.29, 1.82) is 0 Å². The molecular formula is C24H33N5OS. The van der Waals surface area contributed by atoms with Gasteiger partial charge in [-0.1, -0.05) is 18.2 Å². The van der Waals surface area contributed by atoms with Crippen LogP contribution in [0.15, 0.2) is 47.6 Å². The van der Waals surface area contributed by atoms with Crippen molar-refractivity contribution in [2.75, 3.05) is 46.4 Å². The second kappa shape index (κ2) is 10.8. The Morgan fingerprint density at radius 1 is 1.19 bits per heavy atom. The van der Waals surface area contributed by atoms with E-state index in [9.17, 15) is 0 Å². The average Bonchev–Trinajstić information content (AvgIpc) is 3.42. The topological polar surface area (TPSA) is 64.7 Å². The number of hydrogen-bond acceptors (Lipinski definition) is 4. The van der Waals surface area contributed by atoms with Crippen LogP contribution in [0.3, 0.4) is 0 Å². The van der Waals surface area contributed by atoms with Gasteiger partial charge in [0.15, 0.2) is 5.96 Å². The number of aliphatic imine (C=N–C) groups is 1. The number of nitrogens with one attached hydrogen (secondary N) is 3. The normalized spacial score (nSPS) is 16.5. The number of ether oxygens (including phenoxy) is 1. The van der Waals surface area contributed by atoms with Crippen molar-refractivity contribution < 1.29 is 4.74 Å². The van der Waals surface area contributed by atoms with Gasteiger partial charge in [-0.25, -0.2) is 0 Å². The Kier molecular flexibility index (Phi) is 7.61. The van der Waals surface area contributed by atoms with Gasteiger partial charge in [0.05, 0.1) is 19.3 Å². The van der Waals surface area contributed by atoms with E-state index in [0.717, 1.165) is 58.2 Å². The lowest BCUT2D eigenvalue weighted by Crippen LogP contribution is -2.46. The van der Waals surface area contributed by atoms with E-state index >= 15 is 0 Å². The fourth-order valence-electron chi connectivity index (χ4n) is 4.17. The molecule has 7 heteroatoms. The molecule has 31 heavy (non-hydrogen) atoms. The summed E-state index contributed by atoms with van der Waals surface area (Å²) in [6.07, 6.45) is 4.23. The first kappa shape index (κ1) is 21.9. The molecule has 0 radical (unpaired) electrons. The van der Waals surface area contributed by atoms with Gasteiger partial charge >= 0.3 is 0 Å². The number of H-pyrrole nitrogens is 1. The van der Waals surface area contributed by atoms with Crippen molar-refractivity contribution in [1.82, 2.24) is 20.5 Å². The number of aromatic nitrogens is 1. The van der Waals surface area contributed by atoms with Crippen LogP contribution in [0.4, 0.5) is 0 Å². The molecule has 0 aliphatic carbocycles. The number of guanidine groups is 1. The summed E-state index contributed by atoms with van der Waals surface area (Å²) in [5.41, 5.74) is 2.58. The van der Waals surface area contributed by atoms with Gasteiger partial charge in [-0.3, -0.25) is 9.89 Å². The van der Waals surface area contributed by atoms with Crippen molar-refractivity contribution in [3.8, 4) is 0 Å². The Balaban J connectivity index is 1.28. The van der Waals surface area contributed by atoms with Crippen LogP contribution in [-0.2, 0) is 11.2 Å². The molecule has 0 saturated carbocycles. The van der Waals surface area contributed by atoms with Gasteiger partial charge in [0.25, 0.3) is 0 Å². The highest BCUT2D eigenvalue weighted by Gasteiger charge is 2.24.